The molecule has 1 aromatic rings. The summed E-state index contributed by atoms with van der Waals surface area (Å²) in [6, 6.07) is 5.29. The number of esters is 1. The molecule has 1 aliphatic heterocycles. The van der Waals surface area contributed by atoms with Crippen LogP contribution in [-0.4, -0.2) is 48.5 Å². The van der Waals surface area contributed by atoms with Gasteiger partial charge in [0.2, 0.25) is 5.91 Å². The Morgan fingerprint density at radius 2 is 2.09 bits per heavy atom. The van der Waals surface area contributed by atoms with Gasteiger partial charge in [0.05, 0.1) is 13.0 Å². The lowest BCUT2D eigenvalue weighted by molar-refractivity contribution is -0.147. The Morgan fingerprint density at radius 3 is 2.74 bits per heavy atom. The first-order chi connectivity index (χ1) is 11.0. The van der Waals surface area contributed by atoms with E-state index in [0.29, 0.717) is 23.8 Å². The van der Waals surface area contributed by atoms with Crippen LogP contribution in [0.5, 0.6) is 0 Å². The van der Waals surface area contributed by atoms with E-state index in [2.05, 4.69) is 10.6 Å². The van der Waals surface area contributed by atoms with Crippen molar-refractivity contribution in [2.45, 2.75) is 19.4 Å². The zero-order valence-electron chi connectivity index (χ0n) is 12.7. The van der Waals surface area contributed by atoms with E-state index < -0.39 is 18.0 Å². The molecule has 2 rings (SSSR count). The topological polar surface area (TPSA) is 87.7 Å². The van der Waals surface area contributed by atoms with Crippen molar-refractivity contribution in [3.8, 4) is 0 Å². The normalized spacial score (nSPS) is 17.4. The number of carbonyl (C=O) groups excluding carboxylic acids is 3. The number of rotatable bonds is 4. The summed E-state index contributed by atoms with van der Waals surface area (Å²) in [5, 5.41) is 5.90. The molecule has 0 saturated carbocycles. The largest absolute Gasteiger partial charge is 0.466 e. The molecule has 1 saturated heterocycles. The summed E-state index contributed by atoms with van der Waals surface area (Å²) >= 11 is 5.80. The molecule has 0 bridgehead atoms. The number of halogens is 1. The maximum Gasteiger partial charge on any atom is 0.322 e. The lowest BCUT2D eigenvalue weighted by Gasteiger charge is -2.34. The molecular formula is C15H18ClN3O4. The molecular weight excluding hydrogens is 322 g/mol. The summed E-state index contributed by atoms with van der Waals surface area (Å²) in [5.74, 6) is -0.880. The number of ether oxygens (including phenoxy) is 1. The molecule has 0 radical (unpaired) electrons. The van der Waals surface area contributed by atoms with Crippen molar-refractivity contribution in [1.29, 1.82) is 0 Å². The maximum atomic E-state index is 12.4. The average molecular weight is 340 g/mol. The third-order valence-electron chi connectivity index (χ3n) is 3.35. The van der Waals surface area contributed by atoms with Crippen molar-refractivity contribution in [2.75, 3.05) is 25.0 Å². The first-order valence-electron chi connectivity index (χ1n) is 7.27. The Labute approximate surface area is 138 Å². The molecule has 8 heteroatoms. The fourth-order valence-electron chi connectivity index (χ4n) is 2.27. The second-order valence-corrected chi connectivity index (χ2v) is 5.38. The smallest absolute Gasteiger partial charge is 0.322 e. The predicted octanol–water partition coefficient (Wildman–Crippen LogP) is 1.63. The zero-order valence-corrected chi connectivity index (χ0v) is 13.4. The number of nitrogens with zero attached hydrogens (tertiary/aromatic N) is 1. The molecule has 1 atom stereocenters. The molecule has 7 nitrogen and oxygen atoms in total. The van der Waals surface area contributed by atoms with Gasteiger partial charge in [-0.05, 0) is 31.2 Å². The Kier molecular flexibility index (Phi) is 5.81. The Morgan fingerprint density at radius 1 is 1.39 bits per heavy atom. The van der Waals surface area contributed by atoms with E-state index in [0.717, 1.165) is 0 Å². The molecule has 0 aromatic heterocycles. The first kappa shape index (κ1) is 17.1. The number of hydrogen-bond acceptors (Lipinski definition) is 4. The third-order valence-corrected chi connectivity index (χ3v) is 3.60. The minimum Gasteiger partial charge on any atom is -0.466 e. The van der Waals surface area contributed by atoms with Gasteiger partial charge < -0.3 is 20.3 Å². The van der Waals surface area contributed by atoms with E-state index in [1.54, 1.807) is 31.2 Å². The summed E-state index contributed by atoms with van der Waals surface area (Å²) in [5.41, 5.74) is 0.556. The highest BCUT2D eigenvalue weighted by atomic mass is 35.5. The second kappa shape index (κ2) is 7.82. The minimum absolute atomic E-state index is 0.173. The lowest BCUT2D eigenvalue weighted by Crippen LogP contribution is -2.58. The summed E-state index contributed by atoms with van der Waals surface area (Å²) in [6.07, 6.45) is -0.173. The third kappa shape index (κ3) is 4.59. The van der Waals surface area contributed by atoms with Gasteiger partial charge in [0.1, 0.15) is 6.04 Å². The van der Waals surface area contributed by atoms with Gasteiger partial charge in [0.15, 0.2) is 0 Å². The van der Waals surface area contributed by atoms with Gasteiger partial charge in [-0.2, -0.15) is 0 Å². The fraction of sp³-hybridized carbons (Fsp3) is 0.400. The van der Waals surface area contributed by atoms with E-state index in [9.17, 15) is 14.4 Å². The van der Waals surface area contributed by atoms with Gasteiger partial charge >= 0.3 is 12.0 Å². The molecule has 3 amide bonds. The summed E-state index contributed by atoms with van der Waals surface area (Å²) in [6.45, 7) is 2.56. The monoisotopic (exact) mass is 339 g/mol. The Balaban J connectivity index is 2.06. The summed E-state index contributed by atoms with van der Waals surface area (Å²) in [7, 11) is 0. The van der Waals surface area contributed by atoms with E-state index in [1.165, 1.54) is 4.90 Å². The van der Waals surface area contributed by atoms with E-state index in [4.69, 9.17) is 16.3 Å². The van der Waals surface area contributed by atoms with Crippen LogP contribution in [0.1, 0.15) is 13.3 Å². The molecule has 0 spiro atoms. The molecule has 1 heterocycles. The van der Waals surface area contributed by atoms with Crippen molar-refractivity contribution >= 4 is 35.2 Å². The molecule has 1 fully saturated rings. The fourth-order valence-corrected chi connectivity index (χ4v) is 2.39. The molecule has 2 N–H and O–H groups in total. The van der Waals surface area contributed by atoms with Crippen LogP contribution in [0.3, 0.4) is 0 Å². The number of anilines is 1. The number of piperazine rings is 1. The first-order valence-corrected chi connectivity index (χ1v) is 7.65. The van der Waals surface area contributed by atoms with E-state index in [-0.39, 0.29) is 18.9 Å². The molecule has 0 unspecified atom stereocenters. The standard InChI is InChI=1S/C15H18ClN3O4/c1-2-23-13(20)9-12-14(21)17-7-8-19(12)15(22)18-11-5-3-10(16)4-6-11/h3-6,12H,2,7-9H2,1H3,(H,17,21)(H,18,22)/t12-/m0/s1. The number of urea groups is 1. The quantitative estimate of drug-likeness (QED) is 0.816. The predicted molar refractivity (Wildman–Crippen MR) is 85.2 cm³/mol. The molecule has 0 aliphatic carbocycles. The number of benzene rings is 1. The highest BCUT2D eigenvalue weighted by Crippen LogP contribution is 2.16. The van der Waals surface area contributed by atoms with Crippen LogP contribution in [0.4, 0.5) is 10.5 Å². The molecule has 23 heavy (non-hydrogen) atoms. The van der Waals surface area contributed by atoms with E-state index >= 15 is 0 Å². The van der Waals surface area contributed by atoms with E-state index in [1.807, 2.05) is 0 Å². The van der Waals surface area contributed by atoms with Crippen LogP contribution in [0.15, 0.2) is 24.3 Å². The van der Waals surface area contributed by atoms with Crippen molar-refractivity contribution in [3.63, 3.8) is 0 Å². The van der Waals surface area contributed by atoms with Crippen molar-refractivity contribution < 1.29 is 19.1 Å². The van der Waals surface area contributed by atoms with Crippen molar-refractivity contribution in [1.82, 2.24) is 10.2 Å². The van der Waals surface area contributed by atoms with Crippen LogP contribution < -0.4 is 10.6 Å². The van der Waals surface area contributed by atoms with Gasteiger partial charge in [-0.1, -0.05) is 11.6 Å². The van der Waals surface area contributed by atoms with Crippen LogP contribution in [0.25, 0.3) is 0 Å². The lowest BCUT2D eigenvalue weighted by atomic mass is 10.1. The van der Waals surface area contributed by atoms with Gasteiger partial charge in [-0.25, -0.2) is 4.79 Å². The van der Waals surface area contributed by atoms with Crippen LogP contribution in [-0.2, 0) is 14.3 Å². The summed E-state index contributed by atoms with van der Waals surface area (Å²) in [4.78, 5) is 37.4. The second-order valence-electron chi connectivity index (χ2n) is 4.95. The number of amides is 3. The van der Waals surface area contributed by atoms with Gasteiger partial charge in [0.25, 0.3) is 0 Å². The Hall–Kier alpha value is -2.28. The van der Waals surface area contributed by atoms with Gasteiger partial charge in [-0.3, -0.25) is 9.59 Å². The molecule has 1 aromatic carbocycles. The van der Waals surface area contributed by atoms with Crippen LogP contribution >= 0.6 is 11.6 Å². The zero-order chi connectivity index (χ0) is 16.8. The number of hydrogen-bond donors (Lipinski definition) is 2. The van der Waals surface area contributed by atoms with Gasteiger partial charge in [0, 0.05) is 23.8 Å². The van der Waals surface area contributed by atoms with Crippen LogP contribution in [0.2, 0.25) is 5.02 Å². The SMILES string of the molecule is CCOC(=O)C[C@H]1C(=O)NCCN1C(=O)Nc1ccc(Cl)cc1. The number of carbonyl (C=O) groups is 3. The number of nitrogens with one attached hydrogen (secondary N) is 2. The Bertz CT molecular complexity index is 591. The summed E-state index contributed by atoms with van der Waals surface area (Å²) < 4.78 is 4.86. The molecule has 124 valence electrons. The highest BCUT2D eigenvalue weighted by molar-refractivity contribution is 6.30. The average Bonchev–Trinajstić information content (AvgIpc) is 2.51. The van der Waals surface area contributed by atoms with Crippen molar-refractivity contribution in [2.24, 2.45) is 0 Å². The van der Waals surface area contributed by atoms with Gasteiger partial charge in [-0.15, -0.1) is 0 Å². The van der Waals surface area contributed by atoms with Crippen molar-refractivity contribution in [3.05, 3.63) is 29.3 Å². The highest BCUT2D eigenvalue weighted by Gasteiger charge is 2.35. The van der Waals surface area contributed by atoms with Crippen LogP contribution in [0, 0.1) is 0 Å². The molecule has 1 aliphatic rings. The maximum absolute atomic E-state index is 12.4. The minimum atomic E-state index is -0.880.